The predicted octanol–water partition coefficient (Wildman–Crippen LogP) is 8.30. The summed E-state index contributed by atoms with van der Waals surface area (Å²) in [5.74, 6) is 1.77. The van der Waals surface area contributed by atoms with Crippen LogP contribution in [0.2, 0.25) is 0 Å². The van der Waals surface area contributed by atoms with Gasteiger partial charge in [-0.3, -0.25) is 9.59 Å². The van der Waals surface area contributed by atoms with Gasteiger partial charge in [-0.2, -0.15) is 0 Å². The Bertz CT molecular complexity index is 1540. The third-order valence-corrected chi connectivity index (χ3v) is 6.17. The quantitative estimate of drug-likeness (QED) is 0.0957. The molecule has 0 aliphatic carbocycles. The number of carbonyl (C=O) groups excluding carboxylic acids is 2. The Morgan fingerprint density at radius 2 is 1.21 bits per heavy atom. The highest BCUT2D eigenvalue weighted by molar-refractivity contribution is 6.11. The summed E-state index contributed by atoms with van der Waals surface area (Å²) in [6.45, 7) is 8.52. The van der Waals surface area contributed by atoms with Crippen LogP contribution in [0.3, 0.4) is 0 Å². The van der Waals surface area contributed by atoms with E-state index in [1.807, 2.05) is 82.3 Å². The van der Waals surface area contributed by atoms with Crippen molar-refractivity contribution in [3.8, 4) is 17.2 Å². The van der Waals surface area contributed by atoms with Crippen molar-refractivity contribution in [1.82, 2.24) is 0 Å². The topological polar surface area (TPSA) is 71.1 Å². The molecule has 6 heteroatoms. The number of rotatable bonds is 12. The summed E-state index contributed by atoms with van der Waals surface area (Å²) in [6, 6.07) is 27.4. The van der Waals surface area contributed by atoms with Gasteiger partial charge in [0.05, 0.1) is 30.8 Å². The van der Waals surface area contributed by atoms with Crippen molar-refractivity contribution in [2.45, 2.75) is 27.7 Å². The Hall–Kier alpha value is -5.10. The largest absolute Gasteiger partial charge is 0.498 e. The van der Waals surface area contributed by atoms with Crippen LogP contribution < -0.4 is 14.2 Å². The van der Waals surface area contributed by atoms with E-state index in [4.69, 9.17) is 18.9 Å². The molecule has 0 bridgehead atoms. The van der Waals surface area contributed by atoms with Gasteiger partial charge in [0.1, 0.15) is 30.5 Å². The summed E-state index contributed by atoms with van der Waals surface area (Å²) in [7, 11) is 1.60. The van der Waals surface area contributed by atoms with Crippen LogP contribution in [0.5, 0.6) is 17.2 Å². The maximum absolute atomic E-state index is 12.6. The van der Waals surface area contributed by atoms with E-state index in [0.717, 1.165) is 16.9 Å². The Balaban J connectivity index is 0.000000236. The minimum absolute atomic E-state index is 0.0371. The fourth-order valence-corrected chi connectivity index (χ4v) is 4.00. The Morgan fingerprint density at radius 1 is 0.651 bits per heavy atom. The van der Waals surface area contributed by atoms with E-state index in [1.54, 1.807) is 68.2 Å². The van der Waals surface area contributed by atoms with Crippen LogP contribution in [0.15, 0.2) is 116 Å². The third kappa shape index (κ3) is 9.75. The molecule has 0 heterocycles. The minimum atomic E-state index is -0.0721. The molecule has 0 aliphatic rings. The van der Waals surface area contributed by atoms with Crippen LogP contribution in [0.1, 0.15) is 56.8 Å². The number of ketones is 2. The molecule has 222 valence electrons. The Morgan fingerprint density at radius 3 is 1.79 bits per heavy atom. The first-order chi connectivity index (χ1) is 20.9. The fourth-order valence-electron chi connectivity index (χ4n) is 4.00. The first kappa shape index (κ1) is 32.4. The van der Waals surface area contributed by atoms with E-state index in [1.165, 1.54) is 0 Å². The number of ether oxygens (including phenoxy) is 4. The van der Waals surface area contributed by atoms with Crippen LogP contribution in [-0.4, -0.2) is 31.9 Å². The molecule has 0 aliphatic heterocycles. The van der Waals surface area contributed by atoms with Crippen LogP contribution >= 0.6 is 0 Å². The number of allylic oxidation sites excluding steroid dienone is 2. The summed E-state index contributed by atoms with van der Waals surface area (Å²) in [5, 5.41) is 0. The molecule has 0 atom stereocenters. The molecule has 0 spiro atoms. The molecule has 6 nitrogen and oxygen atoms in total. The van der Waals surface area contributed by atoms with Crippen molar-refractivity contribution in [3.05, 3.63) is 149 Å². The fraction of sp³-hybridized carbons (Fsp3) is 0.189. The normalized spacial score (nSPS) is 10.6. The standard InChI is InChI=1S/C19H20O3.C18H18O3/c1-3-11-21-12-13-22-18-14-15(2)9-10-17(18)19(20)16-7-5-4-6-8-16;1-4-11-21-17-12-13(2)5-10-16(17)18(19)14-6-8-15(20-3)9-7-14/h3-11,14H,12-13H2,1-2H3;4-12H,1-3H3. The summed E-state index contributed by atoms with van der Waals surface area (Å²) < 4.78 is 21.6. The molecule has 4 rings (SSSR count). The van der Waals surface area contributed by atoms with E-state index in [0.29, 0.717) is 47.0 Å². The Labute approximate surface area is 254 Å². The predicted molar refractivity (Wildman–Crippen MR) is 170 cm³/mol. The molecular formula is C37H38O6. The molecule has 0 N–H and O–H groups in total. The molecule has 43 heavy (non-hydrogen) atoms. The van der Waals surface area contributed by atoms with Crippen molar-refractivity contribution >= 4 is 11.6 Å². The van der Waals surface area contributed by atoms with Crippen LogP contribution in [0, 0.1) is 13.8 Å². The maximum atomic E-state index is 12.6. The highest BCUT2D eigenvalue weighted by Gasteiger charge is 2.16. The van der Waals surface area contributed by atoms with Crippen molar-refractivity contribution in [2.75, 3.05) is 20.3 Å². The molecule has 0 saturated carbocycles. The average molecular weight is 579 g/mol. The van der Waals surface area contributed by atoms with Crippen molar-refractivity contribution in [3.63, 3.8) is 0 Å². The SMILES string of the molecule is CC=COCCOc1cc(C)ccc1C(=O)c1ccccc1.CC=COc1cc(C)ccc1C(=O)c1ccc(OC)cc1. The van der Waals surface area contributed by atoms with Crippen molar-refractivity contribution in [2.24, 2.45) is 0 Å². The molecule has 4 aromatic rings. The molecule has 0 unspecified atom stereocenters. The van der Waals surface area contributed by atoms with Crippen molar-refractivity contribution in [1.29, 1.82) is 0 Å². The van der Waals surface area contributed by atoms with Gasteiger partial charge in [0.15, 0.2) is 11.6 Å². The lowest BCUT2D eigenvalue weighted by Crippen LogP contribution is -2.09. The van der Waals surface area contributed by atoms with Crippen LogP contribution in [0.4, 0.5) is 0 Å². The van der Waals surface area contributed by atoms with E-state index >= 15 is 0 Å². The number of methoxy groups -OCH3 is 1. The second-order valence-electron chi connectivity index (χ2n) is 9.53. The number of hydrogen-bond donors (Lipinski definition) is 0. The number of hydrogen-bond acceptors (Lipinski definition) is 6. The molecule has 0 amide bonds. The lowest BCUT2D eigenvalue weighted by atomic mass is 10.0. The van der Waals surface area contributed by atoms with Crippen molar-refractivity contribution < 1.29 is 28.5 Å². The smallest absolute Gasteiger partial charge is 0.196 e. The first-order valence-electron chi connectivity index (χ1n) is 14.0. The van der Waals surface area contributed by atoms with E-state index < -0.39 is 0 Å². The van der Waals surface area contributed by atoms with Crippen LogP contribution in [0.25, 0.3) is 0 Å². The third-order valence-electron chi connectivity index (χ3n) is 6.17. The summed E-state index contributed by atoms with van der Waals surface area (Å²) in [4.78, 5) is 25.2. The maximum Gasteiger partial charge on any atom is 0.196 e. The zero-order chi connectivity index (χ0) is 31.0. The van der Waals surface area contributed by atoms with Gasteiger partial charge in [-0.15, -0.1) is 0 Å². The minimum Gasteiger partial charge on any atom is -0.498 e. The second kappa shape index (κ2) is 17.0. The highest BCUT2D eigenvalue weighted by atomic mass is 16.5. The molecule has 0 radical (unpaired) electrons. The molecular weight excluding hydrogens is 540 g/mol. The van der Waals surface area contributed by atoms with Gasteiger partial charge in [0.25, 0.3) is 0 Å². The number of benzene rings is 4. The zero-order valence-electron chi connectivity index (χ0n) is 25.3. The van der Waals surface area contributed by atoms with Gasteiger partial charge < -0.3 is 18.9 Å². The number of carbonyl (C=O) groups is 2. The van der Waals surface area contributed by atoms with Gasteiger partial charge in [-0.05, 0) is 87.4 Å². The highest BCUT2D eigenvalue weighted by Crippen LogP contribution is 2.25. The van der Waals surface area contributed by atoms with Gasteiger partial charge in [-0.25, -0.2) is 0 Å². The average Bonchev–Trinajstić information content (AvgIpc) is 3.04. The number of aryl methyl sites for hydroxylation is 2. The van der Waals surface area contributed by atoms with Gasteiger partial charge >= 0.3 is 0 Å². The molecule has 0 fully saturated rings. The molecule has 0 saturated heterocycles. The molecule has 4 aromatic carbocycles. The summed E-state index contributed by atoms with van der Waals surface area (Å²) >= 11 is 0. The van der Waals surface area contributed by atoms with Crippen LogP contribution in [-0.2, 0) is 4.74 Å². The first-order valence-corrected chi connectivity index (χ1v) is 14.0. The van der Waals surface area contributed by atoms with E-state index in [-0.39, 0.29) is 11.6 Å². The lowest BCUT2D eigenvalue weighted by Gasteiger charge is -2.12. The van der Waals surface area contributed by atoms with Gasteiger partial charge in [0.2, 0.25) is 0 Å². The van der Waals surface area contributed by atoms with E-state index in [9.17, 15) is 9.59 Å². The monoisotopic (exact) mass is 578 g/mol. The summed E-state index contributed by atoms with van der Waals surface area (Å²) in [5.41, 5.74) is 4.47. The lowest BCUT2D eigenvalue weighted by molar-refractivity contribution is 0.102. The summed E-state index contributed by atoms with van der Waals surface area (Å²) in [6.07, 6.45) is 6.79. The Kier molecular flexibility index (Phi) is 12.8. The van der Waals surface area contributed by atoms with E-state index in [2.05, 4.69) is 0 Å². The second-order valence-corrected chi connectivity index (χ2v) is 9.53. The van der Waals surface area contributed by atoms with Gasteiger partial charge in [-0.1, -0.05) is 54.6 Å². The van der Waals surface area contributed by atoms with Gasteiger partial charge in [0, 0.05) is 11.1 Å². The molecule has 0 aromatic heterocycles. The zero-order valence-corrected chi connectivity index (χ0v) is 25.3.